The molecule has 6 N–H and O–H groups in total. The van der Waals surface area contributed by atoms with Crippen LogP contribution < -0.4 is 0 Å². The van der Waals surface area contributed by atoms with Crippen molar-refractivity contribution in [2.75, 3.05) is 39.5 Å². The van der Waals surface area contributed by atoms with Crippen LogP contribution in [0.15, 0.2) is 83.8 Å². The van der Waals surface area contributed by atoms with Gasteiger partial charge in [0, 0.05) is 36.2 Å². The minimum atomic E-state index is -2.74. The van der Waals surface area contributed by atoms with Gasteiger partial charge in [0.15, 0.2) is 5.60 Å². The van der Waals surface area contributed by atoms with Crippen molar-refractivity contribution in [1.82, 2.24) is 9.80 Å². The Morgan fingerprint density at radius 3 is 2.12 bits per heavy atom. The minimum Gasteiger partial charge on any atom is -0.481 e. The lowest BCUT2D eigenvalue weighted by Crippen LogP contribution is -2.42. The van der Waals surface area contributed by atoms with E-state index in [-0.39, 0.29) is 17.3 Å². The summed E-state index contributed by atoms with van der Waals surface area (Å²) in [6, 6.07) is 27.2. The monoisotopic (exact) mass is 841 g/mol. The number of carboxylic acids is 3. The lowest BCUT2D eigenvalue weighted by Gasteiger charge is -2.34. The Balaban J connectivity index is 0.000000535. The number of halogens is 2. The summed E-state index contributed by atoms with van der Waals surface area (Å²) in [6.07, 6.45) is 2.35. The first-order valence-corrected chi connectivity index (χ1v) is 20.0. The number of likely N-dealkylation sites (tertiary alicyclic amines) is 1. The number of benzene rings is 4. The number of hydrogen-bond donors (Lipinski definition) is 4. The van der Waals surface area contributed by atoms with E-state index in [1.165, 1.54) is 5.56 Å². The fraction of sp³-hybridized carbons (Fsp3) is 0.341. The summed E-state index contributed by atoms with van der Waals surface area (Å²) in [5.41, 5.74) is 0.509. The van der Waals surface area contributed by atoms with E-state index in [0.717, 1.165) is 60.1 Å². The Bertz CT molecular complexity index is 2140. The van der Waals surface area contributed by atoms with Gasteiger partial charge in [-0.05, 0) is 97.0 Å². The molecular formula is C41H45Cl2N3O10S. The molecule has 4 aromatic rings. The van der Waals surface area contributed by atoms with Gasteiger partial charge in [-0.15, -0.1) is 0 Å². The first kappa shape index (κ1) is 46.5. The number of likely N-dealkylation sites (N-methyl/N-ethyl adjacent to an activating group) is 1. The van der Waals surface area contributed by atoms with Gasteiger partial charge in [0.25, 0.3) is 5.91 Å². The third-order valence-corrected chi connectivity index (χ3v) is 11.5. The number of nitriles is 1. The lowest BCUT2D eigenvalue weighted by molar-refractivity contribution is -0.170. The van der Waals surface area contributed by atoms with E-state index in [0.29, 0.717) is 33.6 Å². The zero-order valence-corrected chi connectivity index (χ0v) is 33.7. The highest BCUT2D eigenvalue weighted by atomic mass is 35.5. The number of amides is 1. The number of carboxylic acid groups (broad SMARTS) is 3. The van der Waals surface area contributed by atoms with Crippen molar-refractivity contribution < 1.29 is 49.3 Å². The topological polar surface area (TPSA) is 228 Å². The SMILES string of the molecule is CN(C[C@@H](CCN1CCC(c2ccccc2S(C)=O)CC1)c1ccc(Cl)c(Cl)c1)C(=O)c1cc(C#N)cc2ccccc12.O.O=C(O)CC(O)(CC(=O)O)C(=O)O. The van der Waals surface area contributed by atoms with Gasteiger partial charge in [-0.3, -0.25) is 18.6 Å². The van der Waals surface area contributed by atoms with Crippen LogP contribution in [0.4, 0.5) is 0 Å². The Labute approximate surface area is 342 Å². The van der Waals surface area contributed by atoms with Crippen LogP contribution in [0.2, 0.25) is 10.0 Å². The van der Waals surface area contributed by atoms with E-state index in [9.17, 15) is 28.6 Å². The van der Waals surface area contributed by atoms with E-state index < -0.39 is 47.2 Å². The van der Waals surface area contributed by atoms with Crippen molar-refractivity contribution in [3.63, 3.8) is 0 Å². The van der Waals surface area contributed by atoms with Crippen LogP contribution in [-0.4, -0.2) is 109 Å². The molecule has 1 amide bonds. The van der Waals surface area contributed by atoms with Gasteiger partial charge < -0.3 is 35.7 Å². The van der Waals surface area contributed by atoms with E-state index >= 15 is 0 Å². The summed E-state index contributed by atoms with van der Waals surface area (Å²) >= 11 is 12.7. The molecule has 304 valence electrons. The second-order valence-corrected chi connectivity index (χ2v) is 15.9. The maximum Gasteiger partial charge on any atom is 0.336 e. The Kier molecular flexibility index (Phi) is 17.2. The third kappa shape index (κ3) is 12.6. The molecule has 1 saturated heterocycles. The van der Waals surface area contributed by atoms with Crippen molar-refractivity contribution in [2.45, 2.75) is 54.4 Å². The van der Waals surface area contributed by atoms with E-state index in [1.54, 1.807) is 17.2 Å². The number of hydrogen-bond acceptors (Lipinski definition) is 8. The molecule has 16 heteroatoms. The van der Waals surface area contributed by atoms with E-state index in [2.05, 4.69) is 17.0 Å². The summed E-state index contributed by atoms with van der Waals surface area (Å²) in [4.78, 5) is 49.5. The molecule has 0 radical (unpaired) electrons. The molecule has 0 spiro atoms. The number of piperidine rings is 1. The van der Waals surface area contributed by atoms with Gasteiger partial charge in [-0.25, -0.2) is 4.79 Å². The average Bonchev–Trinajstić information content (AvgIpc) is 3.16. The fourth-order valence-electron chi connectivity index (χ4n) is 6.90. The van der Waals surface area contributed by atoms with Crippen LogP contribution >= 0.6 is 23.2 Å². The summed E-state index contributed by atoms with van der Waals surface area (Å²) in [5, 5.41) is 46.1. The molecule has 2 atom stereocenters. The first-order chi connectivity index (χ1) is 26.5. The molecule has 4 aromatic carbocycles. The number of nitrogens with zero attached hydrogens (tertiary/aromatic N) is 3. The van der Waals surface area contributed by atoms with Crippen molar-refractivity contribution in [3.8, 4) is 6.07 Å². The van der Waals surface area contributed by atoms with Gasteiger partial charge in [0.2, 0.25) is 0 Å². The fourth-order valence-corrected chi connectivity index (χ4v) is 8.04. The second kappa shape index (κ2) is 21.0. The highest BCUT2D eigenvalue weighted by Gasteiger charge is 2.40. The van der Waals surface area contributed by atoms with Crippen molar-refractivity contribution in [2.24, 2.45) is 0 Å². The van der Waals surface area contributed by atoms with Crippen molar-refractivity contribution in [1.29, 1.82) is 5.26 Å². The van der Waals surface area contributed by atoms with Gasteiger partial charge in [-0.2, -0.15) is 5.26 Å². The Morgan fingerprint density at radius 2 is 1.54 bits per heavy atom. The van der Waals surface area contributed by atoms with Gasteiger partial charge in [0.05, 0.1) is 45.3 Å². The summed E-state index contributed by atoms with van der Waals surface area (Å²) < 4.78 is 12.3. The van der Waals surface area contributed by atoms with E-state index in [1.807, 2.05) is 73.8 Å². The van der Waals surface area contributed by atoms with Crippen molar-refractivity contribution in [3.05, 3.63) is 111 Å². The highest BCUT2D eigenvalue weighted by molar-refractivity contribution is 7.84. The number of aliphatic hydroxyl groups is 1. The molecule has 1 aliphatic heterocycles. The molecule has 0 aliphatic carbocycles. The molecule has 1 heterocycles. The Morgan fingerprint density at radius 1 is 0.930 bits per heavy atom. The third-order valence-electron chi connectivity index (χ3n) is 9.81. The molecule has 1 aliphatic rings. The molecule has 57 heavy (non-hydrogen) atoms. The molecule has 1 fully saturated rings. The van der Waals surface area contributed by atoms with Crippen LogP contribution in [0.3, 0.4) is 0 Å². The molecular weight excluding hydrogens is 797 g/mol. The van der Waals surface area contributed by atoms with Gasteiger partial charge >= 0.3 is 17.9 Å². The predicted molar refractivity (Wildman–Crippen MR) is 217 cm³/mol. The average molecular weight is 843 g/mol. The quantitative estimate of drug-likeness (QED) is 0.118. The molecule has 5 rings (SSSR count). The summed E-state index contributed by atoms with van der Waals surface area (Å²) in [7, 11) is 0.820. The summed E-state index contributed by atoms with van der Waals surface area (Å²) in [5.74, 6) is -4.69. The van der Waals surface area contributed by atoms with Crippen LogP contribution in [-0.2, 0) is 25.2 Å². The zero-order chi connectivity index (χ0) is 41.2. The first-order valence-electron chi connectivity index (χ1n) is 17.7. The number of aliphatic carboxylic acids is 3. The lowest BCUT2D eigenvalue weighted by atomic mass is 9.88. The molecule has 13 nitrogen and oxygen atoms in total. The number of fused-ring (bicyclic) bond motifs is 1. The number of carbonyl (C=O) groups is 4. The van der Waals surface area contributed by atoms with Gasteiger partial charge in [0.1, 0.15) is 0 Å². The smallest absolute Gasteiger partial charge is 0.336 e. The zero-order valence-electron chi connectivity index (χ0n) is 31.4. The van der Waals surface area contributed by atoms with Gasteiger partial charge in [-0.1, -0.05) is 71.7 Å². The molecule has 0 saturated carbocycles. The summed E-state index contributed by atoms with van der Waals surface area (Å²) in [6.45, 7) is 3.30. The van der Waals surface area contributed by atoms with Crippen LogP contribution in [0.5, 0.6) is 0 Å². The Hall–Kier alpha value is -4.88. The normalized spacial score (nSPS) is 14.2. The standard InChI is InChI=1S/C35H35Cl2N3O2S.C6H8O7.H2O/c1-39(35(41)31-20-24(22-38)19-27-7-3-4-8-29(27)31)23-28(26-11-12-32(36)33(37)21-26)15-18-40-16-13-25(14-17-40)30-9-5-6-10-34(30)43(2)42;7-3(8)1-6(13,5(11)12)2-4(9)10;/h3-12,19-21,25,28H,13-18,23H2,1-2H3;13H,1-2H2,(H,7,8)(H,9,10)(H,11,12);1H2/t28-,43?;;/m1../s1. The molecule has 0 bridgehead atoms. The maximum atomic E-state index is 13.8. The minimum absolute atomic E-state index is 0. The largest absolute Gasteiger partial charge is 0.481 e. The highest BCUT2D eigenvalue weighted by Crippen LogP contribution is 2.34. The van der Waals surface area contributed by atoms with Crippen LogP contribution in [0.1, 0.15) is 71.0 Å². The predicted octanol–water partition coefficient (Wildman–Crippen LogP) is 5.81. The molecule has 0 aromatic heterocycles. The number of rotatable bonds is 14. The maximum absolute atomic E-state index is 13.8. The number of carbonyl (C=O) groups excluding carboxylic acids is 1. The van der Waals surface area contributed by atoms with E-state index in [4.69, 9.17) is 43.6 Å². The van der Waals surface area contributed by atoms with Crippen LogP contribution in [0.25, 0.3) is 10.8 Å². The van der Waals surface area contributed by atoms with Crippen LogP contribution in [0, 0.1) is 11.3 Å². The van der Waals surface area contributed by atoms with Crippen molar-refractivity contribution >= 4 is 68.6 Å². The second-order valence-electron chi connectivity index (χ2n) is 13.8. The molecule has 1 unspecified atom stereocenters.